The fraction of sp³-hybridized carbons (Fsp3) is 0.0667. The molecule has 0 N–H and O–H groups in total. The largest absolute Gasteiger partial charge is 0.386 e. The van der Waals surface area contributed by atoms with E-state index in [2.05, 4.69) is 104 Å². The lowest BCUT2D eigenvalue weighted by Gasteiger charge is -2.26. The van der Waals surface area contributed by atoms with Crippen LogP contribution >= 0.6 is 0 Å². The number of benzene rings is 3. The Labute approximate surface area is 192 Å². The molecule has 1 unspecified atom stereocenters. The molecule has 2 heteroatoms. The van der Waals surface area contributed by atoms with Crippen molar-refractivity contribution in [2.45, 2.75) is 6.92 Å². The molecule has 0 aromatic heterocycles. The lowest BCUT2D eigenvalue weighted by atomic mass is 9.73. The van der Waals surface area contributed by atoms with Gasteiger partial charge in [-0.2, -0.15) is 0 Å². The zero-order valence-electron chi connectivity index (χ0n) is 18.7. The highest BCUT2D eigenvalue weighted by Gasteiger charge is 2.16. The second-order valence-corrected chi connectivity index (χ2v) is 8.19. The smallest absolute Gasteiger partial charge is 0.276 e. The summed E-state index contributed by atoms with van der Waals surface area (Å²) >= 11 is 0. The quantitative estimate of drug-likeness (QED) is 0.333. The van der Waals surface area contributed by atoms with Crippen LogP contribution in [0.2, 0.25) is 0 Å². The minimum Gasteiger partial charge on any atom is -0.386 e. The minimum absolute atomic E-state index is 0.277. The van der Waals surface area contributed by atoms with Crippen LogP contribution in [0.5, 0.6) is 0 Å². The molecule has 32 heavy (non-hydrogen) atoms. The topological polar surface area (TPSA) is 3.24 Å². The van der Waals surface area contributed by atoms with Gasteiger partial charge in [0.05, 0.1) is 0 Å². The van der Waals surface area contributed by atoms with Crippen molar-refractivity contribution in [2.24, 2.45) is 5.92 Å². The third-order valence-corrected chi connectivity index (χ3v) is 5.99. The highest BCUT2D eigenvalue weighted by atomic mass is 15.1. The molecule has 156 valence electrons. The lowest BCUT2D eigenvalue weighted by molar-refractivity contribution is 0.726. The third kappa shape index (κ3) is 4.60. The van der Waals surface area contributed by atoms with E-state index < -0.39 is 0 Å². The predicted octanol–water partition coefficient (Wildman–Crippen LogP) is 6.73. The van der Waals surface area contributed by atoms with Crippen molar-refractivity contribution in [1.82, 2.24) is 4.81 Å². The molecule has 0 spiro atoms. The maximum atomic E-state index is 4.36. The van der Waals surface area contributed by atoms with Gasteiger partial charge in [0.25, 0.3) is 7.41 Å². The third-order valence-electron chi connectivity index (χ3n) is 5.99. The average Bonchev–Trinajstić information content (AvgIpc) is 2.81. The first-order valence-electron chi connectivity index (χ1n) is 11.0. The van der Waals surface area contributed by atoms with Gasteiger partial charge in [0.1, 0.15) is 0 Å². The van der Waals surface area contributed by atoms with Gasteiger partial charge in [0.2, 0.25) is 0 Å². The van der Waals surface area contributed by atoms with E-state index in [1.807, 2.05) is 30.4 Å². The first-order chi connectivity index (χ1) is 15.5. The number of hydrogen-bond acceptors (Lipinski definition) is 1. The number of rotatable bonds is 2. The van der Waals surface area contributed by atoms with Crippen molar-refractivity contribution in [3.63, 3.8) is 0 Å². The van der Waals surface area contributed by atoms with Crippen molar-refractivity contribution in [1.29, 1.82) is 0 Å². The minimum atomic E-state index is 0.277. The second-order valence-electron chi connectivity index (χ2n) is 8.19. The Morgan fingerprint density at radius 3 is 1.88 bits per heavy atom. The van der Waals surface area contributed by atoms with Gasteiger partial charge in [-0.1, -0.05) is 112 Å². The molecule has 1 atom stereocenters. The van der Waals surface area contributed by atoms with Gasteiger partial charge in [-0.15, -0.1) is 0 Å². The molecule has 1 aliphatic heterocycles. The summed E-state index contributed by atoms with van der Waals surface area (Å²) in [6, 6.07) is 19.4. The van der Waals surface area contributed by atoms with Crippen molar-refractivity contribution in [3.8, 4) is 0 Å². The molecule has 4 rings (SSSR count). The standard InChI is InChI=1S/C30H28BN/c1-22-13-5-7-15-24(3)32(25(4)16-8-6-14-23(22)2)31-30-28-19-11-9-17-26(28)21-27-18-10-12-20-29(27)30/h5-21,23,31H,1,3-4H2,2H3/b13-5-,14-6-,15-7-,16-8-. The molecule has 0 radical (unpaired) electrons. The summed E-state index contributed by atoms with van der Waals surface area (Å²) in [7, 11) is 0.685. The summed E-state index contributed by atoms with van der Waals surface area (Å²) in [5.41, 5.74) is 4.14. The maximum Gasteiger partial charge on any atom is 0.276 e. The van der Waals surface area contributed by atoms with E-state index in [9.17, 15) is 0 Å². The van der Waals surface area contributed by atoms with Gasteiger partial charge in [-0.3, -0.25) is 0 Å². The van der Waals surface area contributed by atoms with E-state index in [1.54, 1.807) is 0 Å². The summed E-state index contributed by atoms with van der Waals surface area (Å²) in [6.07, 6.45) is 16.4. The molecule has 3 aromatic rings. The first-order valence-corrected chi connectivity index (χ1v) is 11.0. The summed E-state index contributed by atoms with van der Waals surface area (Å²) in [6.45, 7) is 15.0. The zero-order valence-corrected chi connectivity index (χ0v) is 18.7. The molecule has 3 aromatic carbocycles. The average molecular weight is 413 g/mol. The van der Waals surface area contributed by atoms with Crippen LogP contribution in [-0.4, -0.2) is 12.2 Å². The fourth-order valence-corrected chi connectivity index (χ4v) is 4.02. The molecule has 0 saturated heterocycles. The molecule has 0 aliphatic carbocycles. The van der Waals surface area contributed by atoms with Crippen LogP contribution in [0.3, 0.4) is 0 Å². The van der Waals surface area contributed by atoms with Gasteiger partial charge in [-0.25, -0.2) is 0 Å². The van der Waals surface area contributed by atoms with Crippen LogP contribution in [-0.2, 0) is 0 Å². The molecule has 1 nitrogen and oxygen atoms in total. The Morgan fingerprint density at radius 2 is 1.25 bits per heavy atom. The Morgan fingerprint density at radius 1 is 0.719 bits per heavy atom. The number of hydrogen-bond donors (Lipinski definition) is 0. The van der Waals surface area contributed by atoms with Gasteiger partial charge in [0.15, 0.2) is 0 Å². The Bertz CT molecular complexity index is 1270. The van der Waals surface area contributed by atoms with E-state index in [4.69, 9.17) is 0 Å². The molecule has 0 saturated carbocycles. The summed E-state index contributed by atoms with van der Waals surface area (Å²) in [4.78, 5) is 2.18. The second kappa shape index (κ2) is 9.57. The fourth-order valence-electron chi connectivity index (χ4n) is 4.02. The van der Waals surface area contributed by atoms with Crippen LogP contribution in [0.4, 0.5) is 0 Å². The van der Waals surface area contributed by atoms with E-state index in [1.165, 1.54) is 27.0 Å². The predicted molar refractivity (Wildman–Crippen MR) is 143 cm³/mol. The molecular formula is C30H28BN. The highest BCUT2D eigenvalue weighted by molar-refractivity contribution is 6.59. The Kier molecular flexibility index (Phi) is 6.42. The van der Waals surface area contributed by atoms with Crippen LogP contribution in [0.15, 0.2) is 140 Å². The van der Waals surface area contributed by atoms with Crippen molar-refractivity contribution < 1.29 is 0 Å². The normalized spacial score (nSPS) is 21.5. The molecule has 1 heterocycles. The maximum absolute atomic E-state index is 4.36. The number of nitrogens with zero attached hydrogens (tertiary/aromatic N) is 1. The summed E-state index contributed by atoms with van der Waals surface area (Å²) in [5, 5.41) is 5.00. The molecule has 0 fully saturated rings. The monoisotopic (exact) mass is 413 g/mol. The van der Waals surface area contributed by atoms with Gasteiger partial charge >= 0.3 is 0 Å². The van der Waals surface area contributed by atoms with Crippen LogP contribution in [0, 0.1) is 5.92 Å². The Balaban J connectivity index is 1.80. The summed E-state index contributed by atoms with van der Waals surface area (Å²) < 4.78 is 0. The van der Waals surface area contributed by atoms with Gasteiger partial charge in [-0.05, 0) is 56.7 Å². The SMILES string of the molecule is C=C1/C=C\C=C/C(=C)N(Bc2c3ccccc3cc3ccccc23)C(=C)/C=C\C=C/C1C. The van der Waals surface area contributed by atoms with E-state index in [0.717, 1.165) is 17.0 Å². The van der Waals surface area contributed by atoms with Crippen LogP contribution in [0.25, 0.3) is 21.5 Å². The Hall–Kier alpha value is -3.78. The van der Waals surface area contributed by atoms with E-state index >= 15 is 0 Å². The molecule has 0 amide bonds. The first kappa shape index (κ1) is 21.5. The van der Waals surface area contributed by atoms with Gasteiger partial charge in [0, 0.05) is 11.4 Å². The molecular weight excluding hydrogens is 385 g/mol. The van der Waals surface area contributed by atoms with Crippen molar-refractivity contribution >= 4 is 34.4 Å². The lowest BCUT2D eigenvalue weighted by Crippen LogP contribution is -2.34. The van der Waals surface area contributed by atoms with Crippen molar-refractivity contribution in [3.05, 3.63) is 140 Å². The zero-order chi connectivity index (χ0) is 22.5. The van der Waals surface area contributed by atoms with E-state index in [0.29, 0.717) is 7.41 Å². The molecule has 0 bridgehead atoms. The highest BCUT2D eigenvalue weighted by Crippen LogP contribution is 2.22. The number of allylic oxidation sites excluding steroid dienone is 9. The van der Waals surface area contributed by atoms with E-state index in [-0.39, 0.29) is 5.92 Å². The van der Waals surface area contributed by atoms with Crippen LogP contribution < -0.4 is 5.46 Å². The molecule has 1 aliphatic rings. The van der Waals surface area contributed by atoms with Crippen LogP contribution in [0.1, 0.15) is 6.92 Å². The van der Waals surface area contributed by atoms with Gasteiger partial charge < -0.3 is 4.81 Å². The summed E-state index contributed by atoms with van der Waals surface area (Å²) in [5.74, 6) is 0.277. The number of fused-ring (bicyclic) bond motifs is 2. The van der Waals surface area contributed by atoms with Crippen molar-refractivity contribution in [2.75, 3.05) is 0 Å².